The normalized spacial score (nSPS) is 14.3. The standard InChI is InChI=1S/C21H27NO4S/c1-5-14-9-10-18-17(12-14)22(20(8-4)27(23,24)25)21-16(7-3)11-15(6-2)13-19(21)26-18/h9-13,20H,5-8H2,1-4H3,(H,23,24,25). The number of benzene rings is 2. The number of fused-ring (bicyclic) bond motifs is 2. The summed E-state index contributed by atoms with van der Waals surface area (Å²) >= 11 is 0. The molecule has 5 nitrogen and oxygen atoms in total. The van der Waals surface area contributed by atoms with Crippen LogP contribution in [0.15, 0.2) is 30.3 Å². The van der Waals surface area contributed by atoms with Crippen LogP contribution in [0.4, 0.5) is 11.4 Å². The summed E-state index contributed by atoms with van der Waals surface area (Å²) in [6.45, 7) is 7.94. The molecule has 1 N–H and O–H groups in total. The minimum atomic E-state index is -4.29. The Morgan fingerprint density at radius 1 is 0.963 bits per heavy atom. The number of aryl methyl sites for hydroxylation is 3. The molecule has 1 unspecified atom stereocenters. The second-order valence-electron chi connectivity index (χ2n) is 6.81. The first-order valence-corrected chi connectivity index (χ1v) is 11.1. The van der Waals surface area contributed by atoms with Gasteiger partial charge in [-0.15, -0.1) is 0 Å². The van der Waals surface area contributed by atoms with E-state index in [2.05, 4.69) is 19.9 Å². The van der Waals surface area contributed by atoms with E-state index in [0.717, 1.165) is 41.6 Å². The van der Waals surface area contributed by atoms with E-state index in [-0.39, 0.29) is 6.42 Å². The second kappa shape index (κ2) is 7.52. The quantitative estimate of drug-likeness (QED) is 0.684. The number of anilines is 2. The molecular weight excluding hydrogens is 362 g/mol. The summed E-state index contributed by atoms with van der Waals surface area (Å²) in [6, 6.07) is 9.89. The first-order chi connectivity index (χ1) is 12.8. The van der Waals surface area contributed by atoms with Gasteiger partial charge in [-0.3, -0.25) is 4.55 Å². The van der Waals surface area contributed by atoms with Crippen molar-refractivity contribution < 1.29 is 17.7 Å². The summed E-state index contributed by atoms with van der Waals surface area (Å²) in [5.74, 6) is 1.25. The first-order valence-electron chi connectivity index (χ1n) is 9.56. The molecule has 0 amide bonds. The lowest BCUT2D eigenvalue weighted by molar-refractivity contribution is 0.450. The molecule has 0 saturated carbocycles. The van der Waals surface area contributed by atoms with Gasteiger partial charge < -0.3 is 9.64 Å². The first kappa shape index (κ1) is 19.7. The average molecular weight is 390 g/mol. The molecular formula is C21H27NO4S. The van der Waals surface area contributed by atoms with E-state index in [1.807, 2.05) is 31.2 Å². The zero-order chi connectivity index (χ0) is 19.8. The number of hydrogen-bond donors (Lipinski definition) is 1. The van der Waals surface area contributed by atoms with E-state index >= 15 is 0 Å². The highest BCUT2D eigenvalue weighted by Crippen LogP contribution is 2.51. The second-order valence-corrected chi connectivity index (χ2v) is 8.39. The molecule has 0 aromatic heterocycles. The maximum Gasteiger partial charge on any atom is 0.286 e. The monoisotopic (exact) mass is 389 g/mol. The third-order valence-corrected chi connectivity index (χ3v) is 6.37. The van der Waals surface area contributed by atoms with Crippen molar-refractivity contribution in [2.45, 2.75) is 58.8 Å². The fourth-order valence-corrected chi connectivity index (χ4v) is 4.58. The summed E-state index contributed by atoms with van der Waals surface area (Å²) < 4.78 is 40.6. The zero-order valence-electron chi connectivity index (χ0n) is 16.3. The molecule has 1 heterocycles. The molecule has 3 rings (SSSR count). The van der Waals surface area contributed by atoms with Crippen molar-refractivity contribution in [2.75, 3.05) is 4.90 Å². The van der Waals surface area contributed by atoms with Crippen molar-refractivity contribution in [3.8, 4) is 11.5 Å². The Labute approximate surface area is 161 Å². The minimum absolute atomic E-state index is 0.257. The summed E-state index contributed by atoms with van der Waals surface area (Å²) in [7, 11) is -4.29. The van der Waals surface area contributed by atoms with Crippen molar-refractivity contribution in [3.63, 3.8) is 0 Å². The van der Waals surface area contributed by atoms with Crippen LogP contribution in [-0.4, -0.2) is 18.3 Å². The largest absolute Gasteiger partial charge is 0.453 e. The Morgan fingerprint density at radius 2 is 1.67 bits per heavy atom. The highest BCUT2D eigenvalue weighted by molar-refractivity contribution is 7.86. The minimum Gasteiger partial charge on any atom is -0.453 e. The maximum absolute atomic E-state index is 12.2. The molecule has 0 spiro atoms. The third-order valence-electron chi connectivity index (χ3n) is 5.14. The van der Waals surface area contributed by atoms with Crippen LogP contribution in [-0.2, 0) is 29.4 Å². The Bertz CT molecular complexity index is 953. The molecule has 146 valence electrons. The van der Waals surface area contributed by atoms with E-state index in [0.29, 0.717) is 17.2 Å². The van der Waals surface area contributed by atoms with Crippen molar-refractivity contribution in [1.29, 1.82) is 0 Å². The van der Waals surface area contributed by atoms with Crippen molar-refractivity contribution in [1.82, 2.24) is 0 Å². The lowest BCUT2D eigenvalue weighted by atomic mass is 10.00. The van der Waals surface area contributed by atoms with Gasteiger partial charge in [0.25, 0.3) is 10.1 Å². The SMILES string of the molecule is CCc1cc(CC)c2c(c1)Oc1ccc(CC)cc1N2C(CC)S(=O)(=O)O. The maximum atomic E-state index is 12.2. The van der Waals surface area contributed by atoms with Crippen molar-refractivity contribution in [2.24, 2.45) is 0 Å². The van der Waals surface area contributed by atoms with E-state index in [1.165, 1.54) is 0 Å². The van der Waals surface area contributed by atoms with Gasteiger partial charge in [0.05, 0.1) is 11.4 Å². The highest BCUT2D eigenvalue weighted by atomic mass is 32.2. The van der Waals surface area contributed by atoms with Gasteiger partial charge in [-0.1, -0.05) is 39.8 Å². The van der Waals surface area contributed by atoms with Crippen LogP contribution in [0.1, 0.15) is 50.8 Å². The number of ether oxygens (including phenoxy) is 1. The van der Waals surface area contributed by atoms with Crippen LogP contribution >= 0.6 is 0 Å². The van der Waals surface area contributed by atoms with E-state index in [9.17, 15) is 13.0 Å². The fraction of sp³-hybridized carbons (Fsp3) is 0.429. The Hall–Kier alpha value is -2.05. The van der Waals surface area contributed by atoms with Crippen LogP contribution in [0.5, 0.6) is 11.5 Å². The molecule has 0 fully saturated rings. The van der Waals surface area contributed by atoms with Crippen molar-refractivity contribution >= 4 is 21.5 Å². The molecule has 27 heavy (non-hydrogen) atoms. The summed E-state index contributed by atoms with van der Waals surface area (Å²) in [4.78, 5) is 1.75. The number of rotatable bonds is 6. The molecule has 2 aromatic rings. The van der Waals surface area contributed by atoms with Gasteiger partial charge in [0.2, 0.25) is 0 Å². The molecule has 0 bridgehead atoms. The summed E-state index contributed by atoms with van der Waals surface area (Å²) in [5, 5.41) is -1.07. The van der Waals surface area contributed by atoms with Gasteiger partial charge in [-0.05, 0) is 60.6 Å². The number of nitrogens with zero attached hydrogens (tertiary/aromatic N) is 1. The molecule has 6 heteroatoms. The lowest BCUT2D eigenvalue weighted by Gasteiger charge is -2.38. The molecule has 0 radical (unpaired) electrons. The van der Waals surface area contributed by atoms with Crippen LogP contribution < -0.4 is 9.64 Å². The lowest BCUT2D eigenvalue weighted by Crippen LogP contribution is -2.39. The van der Waals surface area contributed by atoms with Gasteiger partial charge in [-0.2, -0.15) is 8.42 Å². The molecule has 1 atom stereocenters. The zero-order valence-corrected chi connectivity index (χ0v) is 17.1. The van der Waals surface area contributed by atoms with Gasteiger partial charge >= 0.3 is 0 Å². The van der Waals surface area contributed by atoms with Crippen LogP contribution in [0, 0.1) is 0 Å². The summed E-state index contributed by atoms with van der Waals surface area (Å²) in [5.41, 5.74) is 4.66. The number of hydrogen-bond acceptors (Lipinski definition) is 4. The highest BCUT2D eigenvalue weighted by Gasteiger charge is 2.37. The Morgan fingerprint density at radius 3 is 2.22 bits per heavy atom. The third kappa shape index (κ3) is 3.56. The Kier molecular flexibility index (Phi) is 5.49. The molecule has 2 aromatic carbocycles. The predicted molar refractivity (Wildman–Crippen MR) is 109 cm³/mol. The molecule has 1 aliphatic heterocycles. The van der Waals surface area contributed by atoms with Crippen LogP contribution in [0.3, 0.4) is 0 Å². The average Bonchev–Trinajstić information content (AvgIpc) is 2.65. The fourth-order valence-electron chi connectivity index (χ4n) is 3.68. The molecule has 1 aliphatic rings. The van der Waals surface area contributed by atoms with Crippen molar-refractivity contribution in [3.05, 3.63) is 47.0 Å². The Balaban J connectivity index is 2.33. The van der Waals surface area contributed by atoms with Crippen LogP contribution in [0.25, 0.3) is 0 Å². The van der Waals surface area contributed by atoms with Crippen LogP contribution in [0.2, 0.25) is 0 Å². The van der Waals surface area contributed by atoms with Gasteiger partial charge in [0, 0.05) is 0 Å². The van der Waals surface area contributed by atoms with Gasteiger partial charge in [0.1, 0.15) is 0 Å². The van der Waals surface area contributed by atoms with E-state index in [1.54, 1.807) is 11.8 Å². The smallest absolute Gasteiger partial charge is 0.286 e. The van der Waals surface area contributed by atoms with E-state index < -0.39 is 15.5 Å². The molecule has 0 saturated heterocycles. The summed E-state index contributed by atoms with van der Waals surface area (Å²) in [6.07, 6.45) is 2.68. The molecule has 0 aliphatic carbocycles. The van der Waals surface area contributed by atoms with Gasteiger partial charge in [0.15, 0.2) is 16.9 Å². The predicted octanol–water partition coefficient (Wildman–Crippen LogP) is 5.24. The topological polar surface area (TPSA) is 66.8 Å². The van der Waals surface area contributed by atoms with E-state index in [4.69, 9.17) is 4.74 Å². The van der Waals surface area contributed by atoms with Gasteiger partial charge in [-0.25, -0.2) is 0 Å².